The summed E-state index contributed by atoms with van der Waals surface area (Å²) in [5.74, 6) is -0.450. The summed E-state index contributed by atoms with van der Waals surface area (Å²) in [6.45, 7) is 0. The number of halogens is 3. The first-order chi connectivity index (χ1) is 6.59. The van der Waals surface area contributed by atoms with Crippen LogP contribution in [0.2, 0.25) is 10.0 Å². The fourth-order valence-corrected chi connectivity index (χ4v) is 2.12. The minimum Gasteiger partial charge on any atom is -0.373 e. The van der Waals surface area contributed by atoms with Crippen molar-refractivity contribution in [1.29, 1.82) is 0 Å². The third-order valence-electron chi connectivity index (χ3n) is 2.60. The first-order valence-electron chi connectivity index (χ1n) is 4.29. The Morgan fingerprint density at radius 2 is 1.93 bits per heavy atom. The van der Waals surface area contributed by atoms with Gasteiger partial charge in [0.2, 0.25) is 0 Å². The molecule has 1 saturated carbocycles. The smallest absolute Gasteiger partial charge is 0.142 e. The molecule has 1 aliphatic rings. The Labute approximate surface area is 91.8 Å². The van der Waals surface area contributed by atoms with Crippen LogP contribution in [0.1, 0.15) is 18.4 Å². The van der Waals surface area contributed by atoms with E-state index in [9.17, 15) is 4.39 Å². The van der Waals surface area contributed by atoms with Gasteiger partial charge < -0.3 is 4.74 Å². The second kappa shape index (κ2) is 3.37. The lowest BCUT2D eigenvalue weighted by molar-refractivity contribution is 0.0787. The van der Waals surface area contributed by atoms with E-state index in [1.54, 1.807) is 7.11 Å². The SMILES string of the molecule is COC1(c2cc(F)c(Cl)cc2Cl)CC1. The quantitative estimate of drug-likeness (QED) is 0.709. The van der Waals surface area contributed by atoms with E-state index in [1.165, 1.54) is 12.1 Å². The Bertz CT molecular complexity index is 375. The number of benzene rings is 1. The molecule has 0 aliphatic heterocycles. The lowest BCUT2D eigenvalue weighted by Crippen LogP contribution is -2.10. The number of methoxy groups -OCH3 is 1. The highest BCUT2D eigenvalue weighted by molar-refractivity contribution is 6.35. The molecule has 4 heteroatoms. The van der Waals surface area contributed by atoms with E-state index in [2.05, 4.69) is 0 Å². The third-order valence-corrected chi connectivity index (χ3v) is 3.20. The van der Waals surface area contributed by atoms with Crippen molar-refractivity contribution in [2.45, 2.75) is 18.4 Å². The monoisotopic (exact) mass is 234 g/mol. The van der Waals surface area contributed by atoms with Crippen LogP contribution in [0.5, 0.6) is 0 Å². The largest absolute Gasteiger partial charge is 0.373 e. The van der Waals surface area contributed by atoms with Gasteiger partial charge in [-0.15, -0.1) is 0 Å². The van der Waals surface area contributed by atoms with Gasteiger partial charge in [-0.3, -0.25) is 0 Å². The lowest BCUT2D eigenvalue weighted by Gasteiger charge is -2.15. The number of ether oxygens (including phenoxy) is 1. The molecule has 0 spiro atoms. The molecular formula is C10H9Cl2FO. The minimum atomic E-state index is -0.450. The van der Waals surface area contributed by atoms with Crippen LogP contribution in [0.25, 0.3) is 0 Å². The normalized spacial score (nSPS) is 18.3. The third kappa shape index (κ3) is 1.52. The van der Waals surface area contributed by atoms with Gasteiger partial charge in [0.15, 0.2) is 0 Å². The van der Waals surface area contributed by atoms with E-state index < -0.39 is 5.82 Å². The topological polar surface area (TPSA) is 9.23 Å². The van der Waals surface area contributed by atoms with E-state index >= 15 is 0 Å². The van der Waals surface area contributed by atoms with Gasteiger partial charge >= 0.3 is 0 Å². The summed E-state index contributed by atoms with van der Waals surface area (Å²) in [7, 11) is 1.61. The molecule has 1 aliphatic carbocycles. The molecule has 0 radical (unpaired) electrons. The van der Waals surface area contributed by atoms with Crippen molar-refractivity contribution in [1.82, 2.24) is 0 Å². The summed E-state index contributed by atoms with van der Waals surface area (Å²) in [6.07, 6.45) is 1.76. The standard InChI is InChI=1S/C10H9Cl2FO/c1-14-10(2-3-10)6-4-9(13)8(12)5-7(6)11/h4-5H,2-3H2,1H3. The van der Waals surface area contributed by atoms with Gasteiger partial charge in [-0.1, -0.05) is 23.2 Å². The van der Waals surface area contributed by atoms with Crippen LogP contribution in [-0.2, 0) is 10.3 Å². The predicted molar refractivity (Wildman–Crippen MR) is 54.3 cm³/mol. The maximum Gasteiger partial charge on any atom is 0.142 e. The van der Waals surface area contributed by atoms with Gasteiger partial charge in [0, 0.05) is 17.7 Å². The molecule has 0 N–H and O–H groups in total. The molecule has 0 atom stereocenters. The molecule has 0 aromatic heterocycles. The van der Waals surface area contributed by atoms with Gasteiger partial charge in [0.25, 0.3) is 0 Å². The molecule has 0 amide bonds. The van der Waals surface area contributed by atoms with Crippen LogP contribution < -0.4 is 0 Å². The zero-order valence-corrected chi connectivity index (χ0v) is 9.12. The van der Waals surface area contributed by atoms with Crippen LogP contribution in [-0.4, -0.2) is 7.11 Å². The molecule has 0 saturated heterocycles. The average Bonchev–Trinajstić information content (AvgIpc) is 2.92. The van der Waals surface area contributed by atoms with E-state index in [4.69, 9.17) is 27.9 Å². The average molecular weight is 235 g/mol. The number of rotatable bonds is 2. The van der Waals surface area contributed by atoms with Crippen LogP contribution in [0.4, 0.5) is 4.39 Å². The summed E-state index contributed by atoms with van der Waals surface area (Å²) < 4.78 is 18.5. The van der Waals surface area contributed by atoms with Crippen molar-refractivity contribution in [3.05, 3.63) is 33.6 Å². The summed E-state index contributed by atoms with van der Waals surface area (Å²) in [5.41, 5.74) is 0.325. The second-order valence-corrected chi connectivity index (χ2v) is 4.26. The Balaban J connectivity index is 2.49. The van der Waals surface area contributed by atoms with E-state index in [1.807, 2.05) is 0 Å². The summed E-state index contributed by atoms with van der Waals surface area (Å²) in [6, 6.07) is 2.79. The highest BCUT2D eigenvalue weighted by atomic mass is 35.5. The Morgan fingerprint density at radius 1 is 1.29 bits per heavy atom. The van der Waals surface area contributed by atoms with Crippen LogP contribution >= 0.6 is 23.2 Å². The molecule has 0 unspecified atom stereocenters. The predicted octanol–water partition coefficient (Wildman–Crippen LogP) is 3.77. The summed E-state index contributed by atoms with van der Waals surface area (Å²) >= 11 is 11.6. The summed E-state index contributed by atoms with van der Waals surface area (Å²) in [4.78, 5) is 0. The van der Waals surface area contributed by atoms with Gasteiger partial charge in [-0.2, -0.15) is 0 Å². The molecular weight excluding hydrogens is 226 g/mol. The highest BCUT2D eigenvalue weighted by Gasteiger charge is 2.46. The Morgan fingerprint density at radius 3 is 2.43 bits per heavy atom. The molecule has 0 heterocycles. The Hall–Kier alpha value is -0.310. The van der Waals surface area contributed by atoms with Gasteiger partial charge in [0.1, 0.15) is 5.82 Å². The first-order valence-corrected chi connectivity index (χ1v) is 5.05. The zero-order valence-electron chi connectivity index (χ0n) is 7.61. The minimum absolute atomic E-state index is 0.0469. The van der Waals surface area contributed by atoms with Crippen molar-refractivity contribution in [3.63, 3.8) is 0 Å². The van der Waals surface area contributed by atoms with E-state index in [0.717, 1.165) is 12.8 Å². The second-order valence-electron chi connectivity index (χ2n) is 3.44. The van der Waals surface area contributed by atoms with Crippen molar-refractivity contribution in [2.75, 3.05) is 7.11 Å². The lowest BCUT2D eigenvalue weighted by atomic mass is 10.1. The number of hydrogen-bond acceptors (Lipinski definition) is 1. The molecule has 1 nitrogen and oxygen atoms in total. The fraction of sp³-hybridized carbons (Fsp3) is 0.400. The molecule has 1 fully saturated rings. The van der Waals surface area contributed by atoms with Crippen molar-refractivity contribution in [2.24, 2.45) is 0 Å². The van der Waals surface area contributed by atoms with Crippen LogP contribution in [0, 0.1) is 5.82 Å². The molecule has 2 rings (SSSR count). The Kier molecular flexibility index (Phi) is 2.46. The molecule has 14 heavy (non-hydrogen) atoms. The first kappa shape index (κ1) is 10.2. The van der Waals surface area contributed by atoms with E-state index in [0.29, 0.717) is 10.6 Å². The van der Waals surface area contributed by atoms with Crippen molar-refractivity contribution >= 4 is 23.2 Å². The van der Waals surface area contributed by atoms with Crippen molar-refractivity contribution in [3.8, 4) is 0 Å². The highest BCUT2D eigenvalue weighted by Crippen LogP contribution is 2.51. The van der Waals surface area contributed by atoms with Crippen LogP contribution in [0.3, 0.4) is 0 Å². The van der Waals surface area contributed by atoms with Gasteiger partial charge in [0.05, 0.1) is 10.6 Å². The summed E-state index contributed by atoms with van der Waals surface area (Å²) in [5, 5.41) is 0.515. The molecule has 0 bridgehead atoms. The van der Waals surface area contributed by atoms with Gasteiger partial charge in [-0.05, 0) is 25.0 Å². The van der Waals surface area contributed by atoms with Crippen molar-refractivity contribution < 1.29 is 9.13 Å². The number of hydrogen-bond donors (Lipinski definition) is 0. The molecule has 1 aromatic carbocycles. The fourth-order valence-electron chi connectivity index (χ4n) is 1.57. The van der Waals surface area contributed by atoms with E-state index in [-0.39, 0.29) is 10.6 Å². The zero-order chi connectivity index (χ0) is 10.3. The molecule has 76 valence electrons. The van der Waals surface area contributed by atoms with Gasteiger partial charge in [-0.25, -0.2) is 4.39 Å². The maximum absolute atomic E-state index is 13.2. The molecule has 1 aromatic rings. The van der Waals surface area contributed by atoms with Crippen LogP contribution in [0.15, 0.2) is 12.1 Å². The maximum atomic E-state index is 13.2.